The molecule has 1 aromatic heterocycles. The van der Waals surface area contributed by atoms with Gasteiger partial charge in [-0.15, -0.1) is 0 Å². The van der Waals surface area contributed by atoms with E-state index in [0.717, 1.165) is 24.3 Å². The van der Waals surface area contributed by atoms with Gasteiger partial charge in [-0.25, -0.2) is 13.1 Å². The second kappa shape index (κ2) is 6.73. The molecule has 114 valence electrons. The molecule has 7 heteroatoms. The summed E-state index contributed by atoms with van der Waals surface area (Å²) < 4.78 is 28.6. The number of rotatable bonds is 7. The zero-order valence-electron chi connectivity index (χ0n) is 12.2. The molecule has 0 saturated heterocycles. The van der Waals surface area contributed by atoms with E-state index in [1.807, 2.05) is 0 Å². The van der Waals surface area contributed by atoms with E-state index in [9.17, 15) is 8.42 Å². The van der Waals surface area contributed by atoms with Gasteiger partial charge in [0.25, 0.3) is 0 Å². The van der Waals surface area contributed by atoms with Crippen LogP contribution in [-0.2, 0) is 23.6 Å². The summed E-state index contributed by atoms with van der Waals surface area (Å²) in [5.41, 5.74) is 1.72. The summed E-state index contributed by atoms with van der Waals surface area (Å²) >= 11 is 0. The molecule has 1 aromatic carbocycles. The maximum absolute atomic E-state index is 12.2. The van der Waals surface area contributed by atoms with E-state index in [-0.39, 0.29) is 11.4 Å². The molecule has 0 fully saturated rings. The number of sulfonamides is 1. The molecular formula is C14H20N4O2S. The first-order valence-electron chi connectivity index (χ1n) is 6.83. The van der Waals surface area contributed by atoms with Crippen molar-refractivity contribution in [3.8, 4) is 0 Å². The van der Waals surface area contributed by atoms with Crippen LogP contribution in [0.5, 0.6) is 0 Å². The fraction of sp³-hybridized carbons (Fsp3) is 0.357. The number of hydrogen-bond acceptors (Lipinski definition) is 4. The summed E-state index contributed by atoms with van der Waals surface area (Å²) in [7, 11) is -1.73. The fourth-order valence-corrected chi connectivity index (χ4v) is 2.85. The molecule has 6 nitrogen and oxygen atoms in total. The van der Waals surface area contributed by atoms with Crippen molar-refractivity contribution < 1.29 is 8.42 Å². The second-order valence-electron chi connectivity index (χ2n) is 4.72. The molecule has 0 amide bonds. The van der Waals surface area contributed by atoms with Gasteiger partial charge in [0.2, 0.25) is 10.0 Å². The molecule has 0 saturated carbocycles. The standard InChI is InChI=1S/C14H20N4O2S/c1-3-9-15-12-4-6-14(7-5-12)21(19,20)17-11-13-8-10-16-18(13)2/h4-8,10,15,17H,3,9,11H2,1-2H3. The predicted molar refractivity (Wildman–Crippen MR) is 82.5 cm³/mol. The quantitative estimate of drug-likeness (QED) is 0.816. The van der Waals surface area contributed by atoms with Crippen molar-refractivity contribution >= 4 is 15.7 Å². The van der Waals surface area contributed by atoms with E-state index in [2.05, 4.69) is 22.1 Å². The molecule has 2 N–H and O–H groups in total. The summed E-state index contributed by atoms with van der Waals surface area (Å²) in [4.78, 5) is 0.256. The molecule has 0 unspecified atom stereocenters. The first-order valence-corrected chi connectivity index (χ1v) is 8.31. The van der Waals surface area contributed by atoms with Crippen LogP contribution in [0.4, 0.5) is 5.69 Å². The Morgan fingerprint density at radius 2 is 1.90 bits per heavy atom. The third-order valence-electron chi connectivity index (χ3n) is 3.11. The fourth-order valence-electron chi connectivity index (χ4n) is 1.85. The number of hydrogen-bond donors (Lipinski definition) is 2. The highest BCUT2D eigenvalue weighted by Gasteiger charge is 2.14. The van der Waals surface area contributed by atoms with Crippen LogP contribution in [0.25, 0.3) is 0 Å². The molecule has 0 bridgehead atoms. The molecule has 21 heavy (non-hydrogen) atoms. The minimum atomic E-state index is -3.51. The maximum Gasteiger partial charge on any atom is 0.240 e. The molecule has 0 spiro atoms. The van der Waals surface area contributed by atoms with Gasteiger partial charge >= 0.3 is 0 Å². The van der Waals surface area contributed by atoms with E-state index >= 15 is 0 Å². The number of benzene rings is 1. The number of anilines is 1. The normalized spacial score (nSPS) is 11.5. The zero-order chi connectivity index (χ0) is 15.3. The number of aromatic nitrogens is 2. The Morgan fingerprint density at radius 1 is 1.19 bits per heavy atom. The largest absolute Gasteiger partial charge is 0.385 e. The number of nitrogens with zero attached hydrogens (tertiary/aromatic N) is 2. The van der Waals surface area contributed by atoms with Gasteiger partial charge in [0, 0.05) is 25.5 Å². The molecule has 0 atom stereocenters. The maximum atomic E-state index is 12.2. The van der Waals surface area contributed by atoms with E-state index in [0.29, 0.717) is 0 Å². The summed E-state index contributed by atoms with van der Waals surface area (Å²) in [6, 6.07) is 8.52. The lowest BCUT2D eigenvalue weighted by Gasteiger charge is -2.09. The molecule has 2 rings (SSSR count). The van der Waals surface area contributed by atoms with E-state index in [1.54, 1.807) is 48.3 Å². The van der Waals surface area contributed by atoms with Crippen molar-refractivity contribution in [1.82, 2.24) is 14.5 Å². The van der Waals surface area contributed by atoms with Gasteiger partial charge in [0.1, 0.15) is 0 Å². The van der Waals surface area contributed by atoms with Gasteiger partial charge in [-0.3, -0.25) is 4.68 Å². The molecule has 1 heterocycles. The predicted octanol–water partition coefficient (Wildman–Crippen LogP) is 1.72. The Hall–Kier alpha value is -1.86. The van der Waals surface area contributed by atoms with Gasteiger partial charge in [-0.1, -0.05) is 6.92 Å². The van der Waals surface area contributed by atoms with Crippen LogP contribution in [0.2, 0.25) is 0 Å². The first-order chi connectivity index (χ1) is 10.0. The average Bonchev–Trinajstić information content (AvgIpc) is 2.89. The summed E-state index contributed by atoms with van der Waals surface area (Å²) in [6.45, 7) is 3.16. The summed E-state index contributed by atoms with van der Waals surface area (Å²) in [6.07, 6.45) is 2.66. The van der Waals surface area contributed by atoms with Crippen molar-refractivity contribution in [2.24, 2.45) is 7.05 Å². The third kappa shape index (κ3) is 4.05. The second-order valence-corrected chi connectivity index (χ2v) is 6.49. The minimum Gasteiger partial charge on any atom is -0.385 e. The van der Waals surface area contributed by atoms with Crippen molar-refractivity contribution in [1.29, 1.82) is 0 Å². The van der Waals surface area contributed by atoms with Gasteiger partial charge in [-0.05, 0) is 36.8 Å². The van der Waals surface area contributed by atoms with Crippen molar-refractivity contribution in [3.63, 3.8) is 0 Å². The molecule has 2 aromatic rings. The molecule has 0 aliphatic heterocycles. The van der Waals surface area contributed by atoms with Crippen molar-refractivity contribution in [2.75, 3.05) is 11.9 Å². The van der Waals surface area contributed by atoms with Crippen LogP contribution in [0.15, 0.2) is 41.4 Å². The van der Waals surface area contributed by atoms with Crippen LogP contribution in [0, 0.1) is 0 Å². The van der Waals surface area contributed by atoms with Crippen LogP contribution in [0.1, 0.15) is 19.0 Å². The zero-order valence-corrected chi connectivity index (χ0v) is 13.0. The lowest BCUT2D eigenvalue weighted by atomic mass is 10.3. The lowest BCUT2D eigenvalue weighted by Crippen LogP contribution is -2.24. The summed E-state index contributed by atoms with van der Waals surface area (Å²) in [5.74, 6) is 0. The smallest absolute Gasteiger partial charge is 0.240 e. The van der Waals surface area contributed by atoms with Crippen molar-refractivity contribution in [2.45, 2.75) is 24.8 Å². The highest BCUT2D eigenvalue weighted by molar-refractivity contribution is 7.89. The van der Waals surface area contributed by atoms with Crippen LogP contribution >= 0.6 is 0 Å². The van der Waals surface area contributed by atoms with Gasteiger partial charge in [0.15, 0.2) is 0 Å². The van der Waals surface area contributed by atoms with Crippen LogP contribution in [0.3, 0.4) is 0 Å². The lowest BCUT2D eigenvalue weighted by molar-refractivity contribution is 0.577. The minimum absolute atomic E-state index is 0.217. The van der Waals surface area contributed by atoms with E-state index < -0.39 is 10.0 Å². The Kier molecular flexibility index (Phi) is 4.98. The molecule has 0 aliphatic rings. The molecular weight excluding hydrogens is 288 g/mol. The van der Waals surface area contributed by atoms with E-state index in [4.69, 9.17) is 0 Å². The third-order valence-corrected chi connectivity index (χ3v) is 4.53. The highest BCUT2D eigenvalue weighted by Crippen LogP contribution is 2.14. The Labute approximate surface area is 125 Å². The molecule has 0 radical (unpaired) electrons. The Bertz CT molecular complexity index is 677. The highest BCUT2D eigenvalue weighted by atomic mass is 32.2. The Morgan fingerprint density at radius 3 is 2.48 bits per heavy atom. The summed E-state index contributed by atoms with van der Waals surface area (Å²) in [5, 5.41) is 7.21. The monoisotopic (exact) mass is 308 g/mol. The van der Waals surface area contributed by atoms with Crippen LogP contribution < -0.4 is 10.0 Å². The van der Waals surface area contributed by atoms with Gasteiger partial charge < -0.3 is 5.32 Å². The topological polar surface area (TPSA) is 76.0 Å². The van der Waals surface area contributed by atoms with Crippen molar-refractivity contribution in [3.05, 3.63) is 42.2 Å². The van der Waals surface area contributed by atoms with Crippen LogP contribution in [-0.4, -0.2) is 24.7 Å². The SMILES string of the molecule is CCCNc1ccc(S(=O)(=O)NCc2ccnn2C)cc1. The van der Waals surface area contributed by atoms with E-state index in [1.165, 1.54) is 0 Å². The number of nitrogens with one attached hydrogen (secondary N) is 2. The molecule has 0 aliphatic carbocycles. The first kappa shape index (κ1) is 15.5. The number of aryl methyl sites for hydroxylation is 1. The Balaban J connectivity index is 2.03. The van der Waals surface area contributed by atoms with Gasteiger partial charge in [0.05, 0.1) is 17.1 Å². The van der Waals surface area contributed by atoms with Gasteiger partial charge in [-0.2, -0.15) is 5.10 Å². The average molecular weight is 308 g/mol.